The maximum atomic E-state index is 13.1. The molecule has 0 saturated carbocycles. The molecule has 0 spiro atoms. The molecule has 0 atom stereocenters. The molecule has 1 fully saturated rings. The first kappa shape index (κ1) is 23.7. The van der Waals surface area contributed by atoms with E-state index in [2.05, 4.69) is 5.32 Å². The summed E-state index contributed by atoms with van der Waals surface area (Å²) in [5.74, 6) is -0.120. The van der Waals surface area contributed by atoms with Gasteiger partial charge in [0.1, 0.15) is 5.75 Å². The standard InChI is InChI=1S/C23H28N2O6S/c1-3-31-23(27)17-10-12-25(13-11-17)32(28,29)21-9-4-6-18(14-21)22(26)16-24-19-7-5-8-20(15-19)30-2/h4-9,14-15,17,24H,3,10-13,16H2,1-2H3. The van der Waals surface area contributed by atoms with Crippen LogP contribution in [0.25, 0.3) is 0 Å². The molecule has 32 heavy (non-hydrogen) atoms. The number of ether oxygens (including phenoxy) is 2. The summed E-state index contributed by atoms with van der Waals surface area (Å²) in [5.41, 5.74) is 1.04. The van der Waals surface area contributed by atoms with Gasteiger partial charge < -0.3 is 14.8 Å². The number of methoxy groups -OCH3 is 1. The first-order valence-corrected chi connectivity index (χ1v) is 12.0. The van der Waals surface area contributed by atoms with Crippen molar-refractivity contribution >= 4 is 27.5 Å². The van der Waals surface area contributed by atoms with E-state index in [-0.39, 0.29) is 42.2 Å². The third kappa shape index (κ3) is 5.66. The number of carbonyl (C=O) groups excluding carboxylic acids is 2. The van der Waals surface area contributed by atoms with Crippen LogP contribution in [0.15, 0.2) is 53.4 Å². The number of rotatable bonds is 9. The highest BCUT2D eigenvalue weighted by Crippen LogP contribution is 2.25. The van der Waals surface area contributed by atoms with Crippen molar-refractivity contribution in [2.24, 2.45) is 5.92 Å². The Morgan fingerprint density at radius 1 is 1.09 bits per heavy atom. The predicted molar refractivity (Wildman–Crippen MR) is 120 cm³/mol. The molecule has 0 aliphatic carbocycles. The van der Waals surface area contributed by atoms with Crippen molar-refractivity contribution in [3.8, 4) is 5.75 Å². The van der Waals surface area contributed by atoms with Crippen molar-refractivity contribution in [2.75, 3.05) is 38.7 Å². The van der Waals surface area contributed by atoms with Gasteiger partial charge in [0, 0.05) is 30.4 Å². The summed E-state index contributed by atoms with van der Waals surface area (Å²) in [7, 11) is -2.20. The number of piperidine rings is 1. The maximum absolute atomic E-state index is 13.1. The Morgan fingerprint density at radius 2 is 1.81 bits per heavy atom. The molecule has 2 aromatic rings. The monoisotopic (exact) mass is 460 g/mol. The van der Waals surface area contributed by atoms with E-state index < -0.39 is 10.0 Å². The Balaban J connectivity index is 1.65. The van der Waals surface area contributed by atoms with E-state index in [1.54, 1.807) is 38.3 Å². The number of hydrogen-bond acceptors (Lipinski definition) is 7. The van der Waals surface area contributed by atoms with Crippen LogP contribution in [-0.4, -0.2) is 57.8 Å². The minimum Gasteiger partial charge on any atom is -0.497 e. The Kier molecular flexibility index (Phi) is 7.87. The summed E-state index contributed by atoms with van der Waals surface area (Å²) in [6.07, 6.45) is 0.836. The van der Waals surface area contributed by atoms with Crippen LogP contribution in [0.4, 0.5) is 5.69 Å². The molecule has 0 bridgehead atoms. The van der Waals surface area contributed by atoms with Crippen LogP contribution in [0, 0.1) is 5.92 Å². The van der Waals surface area contributed by atoms with Crippen molar-refractivity contribution in [3.63, 3.8) is 0 Å². The van der Waals surface area contributed by atoms with E-state index in [1.165, 1.54) is 16.4 Å². The number of carbonyl (C=O) groups is 2. The summed E-state index contributed by atoms with van der Waals surface area (Å²) >= 11 is 0. The predicted octanol–water partition coefficient (Wildman–Crippen LogP) is 2.95. The fraction of sp³-hybridized carbons (Fsp3) is 0.391. The number of esters is 1. The van der Waals surface area contributed by atoms with E-state index in [0.717, 1.165) is 5.69 Å². The summed E-state index contributed by atoms with van der Waals surface area (Å²) in [6.45, 7) is 2.55. The Hall–Kier alpha value is -2.91. The second-order valence-electron chi connectivity index (χ2n) is 7.47. The fourth-order valence-electron chi connectivity index (χ4n) is 3.59. The van der Waals surface area contributed by atoms with Crippen LogP contribution in [0.5, 0.6) is 5.75 Å². The molecule has 2 aromatic carbocycles. The number of Topliss-reactive ketones (excluding diaryl/α,β-unsaturated/α-hetero) is 1. The summed E-state index contributed by atoms with van der Waals surface area (Å²) in [5, 5.41) is 3.03. The third-order valence-corrected chi connectivity index (χ3v) is 7.29. The number of benzene rings is 2. The van der Waals surface area contributed by atoms with Crippen LogP contribution in [0.1, 0.15) is 30.1 Å². The van der Waals surface area contributed by atoms with Gasteiger partial charge in [-0.3, -0.25) is 9.59 Å². The molecule has 8 nitrogen and oxygen atoms in total. The van der Waals surface area contributed by atoms with Gasteiger partial charge in [0.15, 0.2) is 5.78 Å². The van der Waals surface area contributed by atoms with Crippen molar-refractivity contribution in [1.82, 2.24) is 4.31 Å². The molecule has 3 rings (SSSR count). The van der Waals surface area contributed by atoms with Crippen LogP contribution >= 0.6 is 0 Å². The van der Waals surface area contributed by atoms with E-state index in [0.29, 0.717) is 30.8 Å². The topological polar surface area (TPSA) is 102 Å². The zero-order chi connectivity index (χ0) is 23.1. The Labute approximate surface area is 188 Å². The number of ketones is 1. The quantitative estimate of drug-likeness (QED) is 0.453. The molecule has 9 heteroatoms. The Morgan fingerprint density at radius 3 is 2.50 bits per heavy atom. The minimum atomic E-state index is -3.76. The van der Waals surface area contributed by atoms with E-state index in [1.807, 2.05) is 12.1 Å². The minimum absolute atomic E-state index is 0.0155. The molecule has 172 valence electrons. The molecular formula is C23H28N2O6S. The van der Waals surface area contributed by atoms with Gasteiger partial charge in [-0.25, -0.2) is 8.42 Å². The second-order valence-corrected chi connectivity index (χ2v) is 9.40. The number of hydrogen-bond donors (Lipinski definition) is 1. The van der Waals surface area contributed by atoms with Gasteiger partial charge in [0.05, 0.1) is 31.1 Å². The molecule has 0 amide bonds. The first-order valence-electron chi connectivity index (χ1n) is 10.5. The van der Waals surface area contributed by atoms with Crippen molar-refractivity contribution in [1.29, 1.82) is 0 Å². The summed E-state index contributed by atoms with van der Waals surface area (Å²) in [4.78, 5) is 24.6. The lowest BCUT2D eigenvalue weighted by Gasteiger charge is -2.30. The molecule has 1 heterocycles. The number of sulfonamides is 1. The molecular weight excluding hydrogens is 432 g/mol. The average molecular weight is 461 g/mol. The Bertz CT molecular complexity index is 1060. The first-order chi connectivity index (χ1) is 15.3. The molecule has 1 aliphatic heterocycles. The van der Waals surface area contributed by atoms with Gasteiger partial charge in [-0.2, -0.15) is 4.31 Å². The summed E-state index contributed by atoms with van der Waals surface area (Å²) < 4.78 is 37.7. The molecule has 0 unspecified atom stereocenters. The average Bonchev–Trinajstić information content (AvgIpc) is 2.83. The zero-order valence-electron chi connectivity index (χ0n) is 18.2. The van der Waals surface area contributed by atoms with Crippen molar-refractivity contribution < 1.29 is 27.5 Å². The highest BCUT2D eigenvalue weighted by atomic mass is 32.2. The zero-order valence-corrected chi connectivity index (χ0v) is 19.1. The number of anilines is 1. The van der Waals surface area contributed by atoms with Crippen LogP contribution in [-0.2, 0) is 19.6 Å². The number of nitrogens with one attached hydrogen (secondary N) is 1. The van der Waals surface area contributed by atoms with Crippen molar-refractivity contribution in [2.45, 2.75) is 24.7 Å². The van der Waals surface area contributed by atoms with Crippen LogP contribution in [0.3, 0.4) is 0 Å². The molecule has 1 N–H and O–H groups in total. The van der Waals surface area contributed by atoms with Gasteiger partial charge in [-0.1, -0.05) is 18.2 Å². The van der Waals surface area contributed by atoms with Crippen LogP contribution in [0.2, 0.25) is 0 Å². The van der Waals surface area contributed by atoms with Crippen LogP contribution < -0.4 is 10.1 Å². The molecule has 1 aliphatic rings. The maximum Gasteiger partial charge on any atom is 0.309 e. The van der Waals surface area contributed by atoms with Gasteiger partial charge in [0.2, 0.25) is 10.0 Å². The SMILES string of the molecule is CCOC(=O)C1CCN(S(=O)(=O)c2cccc(C(=O)CNc3cccc(OC)c3)c2)CC1. The summed E-state index contributed by atoms with van der Waals surface area (Å²) in [6, 6.07) is 13.3. The second kappa shape index (κ2) is 10.6. The van der Waals surface area contributed by atoms with Gasteiger partial charge in [-0.05, 0) is 44.0 Å². The molecule has 0 aromatic heterocycles. The van der Waals surface area contributed by atoms with E-state index in [9.17, 15) is 18.0 Å². The third-order valence-electron chi connectivity index (χ3n) is 5.39. The molecule has 0 radical (unpaired) electrons. The lowest BCUT2D eigenvalue weighted by Crippen LogP contribution is -2.40. The fourth-order valence-corrected chi connectivity index (χ4v) is 5.10. The largest absolute Gasteiger partial charge is 0.497 e. The highest BCUT2D eigenvalue weighted by molar-refractivity contribution is 7.89. The molecule has 1 saturated heterocycles. The smallest absolute Gasteiger partial charge is 0.309 e. The van der Waals surface area contributed by atoms with Gasteiger partial charge in [-0.15, -0.1) is 0 Å². The normalized spacial score (nSPS) is 15.2. The van der Waals surface area contributed by atoms with Crippen molar-refractivity contribution in [3.05, 3.63) is 54.1 Å². The van der Waals surface area contributed by atoms with Gasteiger partial charge >= 0.3 is 5.97 Å². The van der Waals surface area contributed by atoms with E-state index >= 15 is 0 Å². The lowest BCUT2D eigenvalue weighted by molar-refractivity contribution is -0.149. The van der Waals surface area contributed by atoms with E-state index in [4.69, 9.17) is 9.47 Å². The van der Waals surface area contributed by atoms with Gasteiger partial charge in [0.25, 0.3) is 0 Å². The lowest BCUT2D eigenvalue weighted by atomic mass is 9.98. The number of nitrogens with zero attached hydrogens (tertiary/aromatic N) is 1. The highest BCUT2D eigenvalue weighted by Gasteiger charge is 2.33.